The Bertz CT molecular complexity index is 504. The van der Waals surface area contributed by atoms with Gasteiger partial charge in [0.05, 0.1) is 12.1 Å². The van der Waals surface area contributed by atoms with Crippen LogP contribution < -0.4 is 5.32 Å². The van der Waals surface area contributed by atoms with Gasteiger partial charge in [0.15, 0.2) is 0 Å². The minimum Gasteiger partial charge on any atom is -0.353 e. The van der Waals surface area contributed by atoms with Gasteiger partial charge in [-0.15, -0.1) is 0 Å². The number of hydrogen-bond donors (Lipinski definition) is 2. The normalized spacial score (nSPS) is 12.3. The third-order valence-electron chi connectivity index (χ3n) is 2.63. The lowest BCUT2D eigenvalue weighted by Crippen LogP contribution is -2.35. The van der Waals surface area contributed by atoms with Crippen molar-refractivity contribution in [1.82, 2.24) is 15.5 Å². The summed E-state index contributed by atoms with van der Waals surface area (Å²) in [6.45, 7) is 3.96. The predicted molar refractivity (Wildman–Crippen MR) is 72.7 cm³/mol. The molecule has 1 unspecified atom stereocenters. The maximum Gasteiger partial charge on any atom is 0.224 e. The van der Waals surface area contributed by atoms with Crippen molar-refractivity contribution in [3.8, 4) is 0 Å². The van der Waals surface area contributed by atoms with Gasteiger partial charge in [-0.25, -0.2) is 0 Å². The summed E-state index contributed by atoms with van der Waals surface area (Å²) in [6, 6.07) is 4.08. The van der Waals surface area contributed by atoms with Crippen LogP contribution in [-0.2, 0) is 17.6 Å². The summed E-state index contributed by atoms with van der Waals surface area (Å²) in [7, 11) is 0. The number of nitrogens with zero attached hydrogens (tertiary/aromatic N) is 1. The molecule has 2 aromatic heterocycles. The number of amides is 1. The topological polar surface area (TPSA) is 57.8 Å². The first-order valence-corrected chi connectivity index (χ1v) is 6.89. The second-order valence-electron chi connectivity index (χ2n) is 4.52. The molecule has 1 atom stereocenters. The minimum atomic E-state index is 0.0631. The van der Waals surface area contributed by atoms with E-state index in [-0.39, 0.29) is 11.9 Å². The van der Waals surface area contributed by atoms with Gasteiger partial charge in [-0.05, 0) is 42.3 Å². The fourth-order valence-electron chi connectivity index (χ4n) is 1.85. The largest absolute Gasteiger partial charge is 0.353 e. The van der Waals surface area contributed by atoms with Crippen LogP contribution in [0.5, 0.6) is 0 Å². The molecule has 0 aliphatic rings. The molecule has 0 fully saturated rings. The van der Waals surface area contributed by atoms with Crippen molar-refractivity contribution >= 4 is 17.2 Å². The van der Waals surface area contributed by atoms with Gasteiger partial charge in [0.2, 0.25) is 5.91 Å². The third kappa shape index (κ3) is 3.70. The van der Waals surface area contributed by atoms with Gasteiger partial charge < -0.3 is 5.32 Å². The van der Waals surface area contributed by atoms with Crippen LogP contribution in [0.1, 0.15) is 23.9 Å². The van der Waals surface area contributed by atoms with Crippen LogP contribution in [0, 0.1) is 6.92 Å². The van der Waals surface area contributed by atoms with Gasteiger partial charge in [-0.2, -0.15) is 16.4 Å². The molecule has 0 radical (unpaired) electrons. The highest BCUT2D eigenvalue weighted by molar-refractivity contribution is 7.07. The Labute approximate surface area is 110 Å². The molecule has 2 rings (SSSR count). The van der Waals surface area contributed by atoms with Gasteiger partial charge in [-0.1, -0.05) is 0 Å². The molecule has 2 heterocycles. The maximum absolute atomic E-state index is 11.8. The van der Waals surface area contributed by atoms with Crippen molar-refractivity contribution in [2.45, 2.75) is 32.7 Å². The van der Waals surface area contributed by atoms with Gasteiger partial charge in [-0.3, -0.25) is 9.89 Å². The Morgan fingerprint density at radius 3 is 3.06 bits per heavy atom. The van der Waals surface area contributed by atoms with E-state index in [9.17, 15) is 4.79 Å². The fraction of sp³-hybridized carbons (Fsp3) is 0.385. The third-order valence-corrected chi connectivity index (χ3v) is 3.36. The average Bonchev–Trinajstić information content (AvgIpc) is 2.90. The number of aryl methyl sites for hydroxylation is 1. The standard InChI is InChI=1S/C13H17N3OS/c1-9(5-12-6-10(2)15-16-12)14-13(17)7-11-3-4-18-8-11/h3-4,6,8-9H,5,7H2,1-2H3,(H,14,17)(H,15,16). The summed E-state index contributed by atoms with van der Waals surface area (Å²) < 4.78 is 0. The molecule has 0 aliphatic carbocycles. The summed E-state index contributed by atoms with van der Waals surface area (Å²) >= 11 is 1.61. The zero-order chi connectivity index (χ0) is 13.0. The van der Waals surface area contributed by atoms with Crippen molar-refractivity contribution in [2.75, 3.05) is 0 Å². The van der Waals surface area contributed by atoms with E-state index in [1.165, 1.54) is 0 Å². The van der Waals surface area contributed by atoms with Gasteiger partial charge in [0.25, 0.3) is 0 Å². The van der Waals surface area contributed by atoms with E-state index in [0.717, 1.165) is 23.4 Å². The number of hydrogen-bond acceptors (Lipinski definition) is 3. The van der Waals surface area contributed by atoms with Crippen molar-refractivity contribution in [1.29, 1.82) is 0 Å². The molecular weight excluding hydrogens is 246 g/mol. The van der Waals surface area contributed by atoms with Crippen LogP contribution in [0.4, 0.5) is 0 Å². The monoisotopic (exact) mass is 263 g/mol. The van der Waals surface area contributed by atoms with Crippen LogP contribution in [0.2, 0.25) is 0 Å². The predicted octanol–water partition coefficient (Wildman–Crippen LogP) is 2.07. The Kier molecular flexibility index (Phi) is 4.15. The first-order chi connectivity index (χ1) is 8.63. The number of H-pyrrole nitrogens is 1. The number of aromatic amines is 1. The molecule has 0 saturated heterocycles. The molecule has 2 aromatic rings. The molecule has 1 amide bonds. The zero-order valence-electron chi connectivity index (χ0n) is 10.6. The lowest BCUT2D eigenvalue weighted by atomic mass is 10.1. The average molecular weight is 263 g/mol. The second-order valence-corrected chi connectivity index (χ2v) is 5.30. The summed E-state index contributed by atoms with van der Waals surface area (Å²) in [5.41, 5.74) is 3.10. The molecule has 0 saturated carbocycles. The molecule has 96 valence electrons. The highest BCUT2D eigenvalue weighted by Gasteiger charge is 2.10. The summed E-state index contributed by atoms with van der Waals surface area (Å²) in [5, 5.41) is 14.0. The lowest BCUT2D eigenvalue weighted by Gasteiger charge is -2.12. The van der Waals surface area contributed by atoms with E-state index < -0.39 is 0 Å². The van der Waals surface area contributed by atoms with E-state index in [1.807, 2.05) is 36.7 Å². The van der Waals surface area contributed by atoms with Crippen LogP contribution in [-0.4, -0.2) is 22.1 Å². The molecule has 0 spiro atoms. The fourth-order valence-corrected chi connectivity index (χ4v) is 2.52. The molecule has 4 nitrogen and oxygen atoms in total. The highest BCUT2D eigenvalue weighted by atomic mass is 32.1. The van der Waals surface area contributed by atoms with Gasteiger partial charge in [0, 0.05) is 18.2 Å². The smallest absolute Gasteiger partial charge is 0.224 e. The first kappa shape index (κ1) is 12.8. The van der Waals surface area contributed by atoms with E-state index in [2.05, 4.69) is 15.5 Å². The summed E-state index contributed by atoms with van der Waals surface area (Å²) in [5.74, 6) is 0.0631. The SMILES string of the molecule is Cc1cc(CC(C)NC(=O)Cc2ccsc2)n[nH]1. The molecule has 0 aliphatic heterocycles. The van der Waals surface area contributed by atoms with Crippen LogP contribution in [0.15, 0.2) is 22.9 Å². The Morgan fingerprint density at radius 2 is 2.44 bits per heavy atom. The lowest BCUT2D eigenvalue weighted by molar-refractivity contribution is -0.121. The van der Waals surface area contributed by atoms with Gasteiger partial charge >= 0.3 is 0 Å². The van der Waals surface area contributed by atoms with Crippen molar-refractivity contribution in [3.63, 3.8) is 0 Å². The maximum atomic E-state index is 11.8. The second kappa shape index (κ2) is 5.82. The molecule has 0 bridgehead atoms. The number of aromatic nitrogens is 2. The van der Waals surface area contributed by atoms with Crippen LogP contribution in [0.3, 0.4) is 0 Å². The Morgan fingerprint density at radius 1 is 1.61 bits per heavy atom. The summed E-state index contributed by atoms with van der Waals surface area (Å²) in [4.78, 5) is 11.8. The van der Waals surface area contributed by atoms with Crippen LogP contribution in [0.25, 0.3) is 0 Å². The van der Waals surface area contributed by atoms with Crippen molar-refractivity contribution < 1.29 is 4.79 Å². The van der Waals surface area contributed by atoms with Gasteiger partial charge in [0.1, 0.15) is 0 Å². The van der Waals surface area contributed by atoms with Crippen LogP contribution >= 0.6 is 11.3 Å². The number of carbonyl (C=O) groups excluding carboxylic acids is 1. The molecular formula is C13H17N3OS. The van der Waals surface area contributed by atoms with Crippen molar-refractivity contribution in [2.24, 2.45) is 0 Å². The van der Waals surface area contributed by atoms with E-state index in [4.69, 9.17) is 0 Å². The quantitative estimate of drug-likeness (QED) is 0.867. The number of thiophene rings is 1. The molecule has 5 heteroatoms. The Balaban J connectivity index is 1.80. The van der Waals surface area contributed by atoms with E-state index in [0.29, 0.717) is 6.42 Å². The summed E-state index contributed by atoms with van der Waals surface area (Å²) in [6.07, 6.45) is 1.20. The van der Waals surface area contributed by atoms with Crippen molar-refractivity contribution in [3.05, 3.63) is 39.8 Å². The number of rotatable bonds is 5. The number of carbonyl (C=O) groups is 1. The van der Waals surface area contributed by atoms with E-state index in [1.54, 1.807) is 11.3 Å². The molecule has 0 aromatic carbocycles. The minimum absolute atomic E-state index is 0.0631. The number of nitrogens with one attached hydrogen (secondary N) is 2. The highest BCUT2D eigenvalue weighted by Crippen LogP contribution is 2.07. The molecule has 2 N–H and O–H groups in total. The Hall–Kier alpha value is -1.62. The van der Waals surface area contributed by atoms with E-state index >= 15 is 0 Å². The zero-order valence-corrected chi connectivity index (χ0v) is 11.4. The first-order valence-electron chi connectivity index (χ1n) is 5.95. The molecule has 18 heavy (non-hydrogen) atoms.